The van der Waals surface area contributed by atoms with E-state index in [0.717, 1.165) is 43.7 Å². The van der Waals surface area contributed by atoms with Crippen LogP contribution in [0.25, 0.3) is 0 Å². The fraction of sp³-hybridized carbons (Fsp3) is 0.846. The number of likely N-dealkylation sites (tertiary alicyclic amines) is 1. The molecule has 2 aliphatic rings. The van der Waals surface area contributed by atoms with Crippen LogP contribution in [0.1, 0.15) is 32.1 Å². The van der Waals surface area contributed by atoms with E-state index in [2.05, 4.69) is 0 Å². The largest absolute Gasteiger partial charge is 0.469 e. The average molecular weight is 271 g/mol. The number of esters is 1. The lowest BCUT2D eigenvalue weighted by atomic mass is 9.96. The minimum Gasteiger partial charge on any atom is -0.469 e. The van der Waals surface area contributed by atoms with Gasteiger partial charge in [0.1, 0.15) is 0 Å². The maximum atomic E-state index is 12.4. The lowest BCUT2D eigenvalue weighted by Crippen LogP contribution is -2.47. The highest BCUT2D eigenvalue weighted by molar-refractivity contribution is 7.99. The number of rotatable bonds is 3. The molecule has 0 bridgehead atoms. The molecule has 18 heavy (non-hydrogen) atoms. The first-order valence-electron chi connectivity index (χ1n) is 6.67. The summed E-state index contributed by atoms with van der Waals surface area (Å²) in [5, 5.41) is 0. The van der Waals surface area contributed by atoms with Crippen molar-refractivity contribution in [1.82, 2.24) is 4.90 Å². The van der Waals surface area contributed by atoms with E-state index in [1.54, 1.807) is 0 Å². The first-order chi connectivity index (χ1) is 8.72. The van der Waals surface area contributed by atoms with Crippen molar-refractivity contribution in [3.63, 3.8) is 0 Å². The number of carbonyl (C=O) groups is 2. The van der Waals surface area contributed by atoms with E-state index in [-0.39, 0.29) is 23.8 Å². The van der Waals surface area contributed by atoms with Gasteiger partial charge in [0.2, 0.25) is 5.91 Å². The van der Waals surface area contributed by atoms with Gasteiger partial charge in [0, 0.05) is 24.3 Å². The van der Waals surface area contributed by atoms with Crippen LogP contribution in [0.3, 0.4) is 0 Å². The summed E-state index contributed by atoms with van der Waals surface area (Å²) in [4.78, 5) is 25.8. The zero-order valence-electron chi connectivity index (χ0n) is 10.9. The van der Waals surface area contributed by atoms with Gasteiger partial charge in [-0.2, -0.15) is 11.8 Å². The second-order valence-corrected chi connectivity index (χ2v) is 6.17. The highest BCUT2D eigenvalue weighted by Crippen LogP contribution is 2.29. The number of nitrogens with zero attached hydrogens (tertiary/aromatic N) is 1. The molecular formula is C13H21NO3S. The molecule has 2 unspecified atom stereocenters. The quantitative estimate of drug-likeness (QED) is 0.733. The minimum absolute atomic E-state index is 0.0595. The summed E-state index contributed by atoms with van der Waals surface area (Å²) >= 11 is 1.86. The Balaban J connectivity index is 1.97. The molecule has 0 aromatic rings. The van der Waals surface area contributed by atoms with E-state index >= 15 is 0 Å². The molecule has 2 atom stereocenters. The van der Waals surface area contributed by atoms with Gasteiger partial charge in [0.15, 0.2) is 0 Å². The van der Waals surface area contributed by atoms with Gasteiger partial charge in [-0.15, -0.1) is 0 Å². The molecular weight excluding hydrogens is 250 g/mol. The van der Waals surface area contributed by atoms with Crippen LogP contribution in [0.5, 0.6) is 0 Å². The Bertz CT molecular complexity index is 315. The molecule has 2 heterocycles. The third kappa shape index (κ3) is 3.19. The van der Waals surface area contributed by atoms with Crippen LogP contribution in [0.15, 0.2) is 0 Å². The molecule has 2 rings (SSSR count). The van der Waals surface area contributed by atoms with Crippen molar-refractivity contribution >= 4 is 23.6 Å². The average Bonchev–Trinajstić information content (AvgIpc) is 2.92. The first-order valence-corrected chi connectivity index (χ1v) is 7.83. The van der Waals surface area contributed by atoms with Crippen LogP contribution >= 0.6 is 11.8 Å². The van der Waals surface area contributed by atoms with E-state index in [1.807, 2.05) is 16.7 Å². The van der Waals surface area contributed by atoms with Crippen molar-refractivity contribution in [2.45, 2.75) is 38.1 Å². The highest BCUT2D eigenvalue weighted by Gasteiger charge is 2.34. The Morgan fingerprint density at radius 2 is 2.17 bits per heavy atom. The van der Waals surface area contributed by atoms with Crippen LogP contribution in [-0.4, -0.2) is 48.0 Å². The monoisotopic (exact) mass is 271 g/mol. The van der Waals surface area contributed by atoms with Gasteiger partial charge in [-0.1, -0.05) is 0 Å². The molecule has 0 saturated carbocycles. The van der Waals surface area contributed by atoms with Crippen LogP contribution in [-0.2, 0) is 14.3 Å². The number of hydrogen-bond acceptors (Lipinski definition) is 4. The van der Waals surface area contributed by atoms with Crippen LogP contribution < -0.4 is 0 Å². The maximum absolute atomic E-state index is 12.4. The SMILES string of the molecule is COC(=O)CC1CCCCN1C(=O)C1CCSC1. The molecule has 0 N–H and O–H groups in total. The van der Waals surface area contributed by atoms with Crippen molar-refractivity contribution in [1.29, 1.82) is 0 Å². The second kappa shape index (κ2) is 6.45. The van der Waals surface area contributed by atoms with Gasteiger partial charge in [0.05, 0.1) is 13.5 Å². The Hall–Kier alpha value is -0.710. The first kappa shape index (κ1) is 13.7. The molecule has 0 aromatic carbocycles. The van der Waals surface area contributed by atoms with Crippen LogP contribution in [0.4, 0.5) is 0 Å². The van der Waals surface area contributed by atoms with Crippen molar-refractivity contribution < 1.29 is 14.3 Å². The zero-order valence-corrected chi connectivity index (χ0v) is 11.7. The van der Waals surface area contributed by atoms with Crippen molar-refractivity contribution in [3.8, 4) is 0 Å². The topological polar surface area (TPSA) is 46.6 Å². The number of amides is 1. The molecule has 0 spiro atoms. The van der Waals surface area contributed by atoms with Crippen LogP contribution in [0, 0.1) is 5.92 Å². The van der Waals surface area contributed by atoms with Gasteiger partial charge in [0.25, 0.3) is 0 Å². The van der Waals surface area contributed by atoms with Crippen molar-refractivity contribution in [2.75, 3.05) is 25.2 Å². The molecule has 5 heteroatoms. The van der Waals surface area contributed by atoms with Gasteiger partial charge < -0.3 is 9.64 Å². The van der Waals surface area contributed by atoms with Gasteiger partial charge in [-0.25, -0.2) is 0 Å². The molecule has 4 nitrogen and oxygen atoms in total. The second-order valence-electron chi connectivity index (χ2n) is 5.02. The van der Waals surface area contributed by atoms with Crippen molar-refractivity contribution in [2.24, 2.45) is 5.92 Å². The van der Waals surface area contributed by atoms with E-state index in [9.17, 15) is 9.59 Å². The Morgan fingerprint density at radius 3 is 2.83 bits per heavy atom. The summed E-state index contributed by atoms with van der Waals surface area (Å²) < 4.78 is 4.73. The van der Waals surface area contributed by atoms with E-state index in [1.165, 1.54) is 7.11 Å². The Kier molecular flexibility index (Phi) is 4.92. The van der Waals surface area contributed by atoms with Gasteiger partial charge in [-0.05, 0) is 31.4 Å². The maximum Gasteiger partial charge on any atom is 0.307 e. The highest BCUT2D eigenvalue weighted by atomic mass is 32.2. The zero-order chi connectivity index (χ0) is 13.0. The van der Waals surface area contributed by atoms with E-state index in [0.29, 0.717) is 6.42 Å². The number of hydrogen-bond donors (Lipinski definition) is 0. The standard InChI is InChI=1S/C13H21NO3S/c1-17-12(15)8-11-4-2-3-6-14(11)13(16)10-5-7-18-9-10/h10-11H,2-9H2,1H3. The fourth-order valence-corrected chi connectivity index (χ4v) is 3.95. The van der Waals surface area contributed by atoms with Gasteiger partial charge >= 0.3 is 5.97 Å². The molecule has 2 saturated heterocycles. The van der Waals surface area contributed by atoms with E-state index in [4.69, 9.17) is 4.74 Å². The molecule has 102 valence electrons. The van der Waals surface area contributed by atoms with Crippen molar-refractivity contribution in [3.05, 3.63) is 0 Å². The summed E-state index contributed by atoms with van der Waals surface area (Å²) in [6.07, 6.45) is 4.43. The Labute approximate surface area is 112 Å². The third-order valence-electron chi connectivity index (χ3n) is 3.82. The molecule has 1 amide bonds. The molecule has 0 aromatic heterocycles. The Morgan fingerprint density at radius 1 is 1.33 bits per heavy atom. The summed E-state index contributed by atoms with van der Waals surface area (Å²) in [7, 11) is 1.41. The minimum atomic E-state index is -0.208. The number of ether oxygens (including phenoxy) is 1. The normalized spacial score (nSPS) is 28.2. The number of thioether (sulfide) groups is 1. The third-order valence-corrected chi connectivity index (χ3v) is 4.98. The van der Waals surface area contributed by atoms with E-state index < -0.39 is 0 Å². The number of methoxy groups -OCH3 is 1. The summed E-state index contributed by atoms with van der Waals surface area (Å²) in [5.41, 5.74) is 0. The molecule has 0 radical (unpaired) electrons. The smallest absolute Gasteiger partial charge is 0.307 e. The fourth-order valence-electron chi connectivity index (χ4n) is 2.74. The molecule has 0 aliphatic carbocycles. The van der Waals surface area contributed by atoms with Gasteiger partial charge in [-0.3, -0.25) is 9.59 Å². The predicted octanol–water partition coefficient (Wildman–Crippen LogP) is 1.68. The lowest BCUT2D eigenvalue weighted by molar-refractivity contribution is -0.145. The summed E-state index contributed by atoms with van der Waals surface area (Å²) in [6.45, 7) is 0.807. The number of carbonyl (C=O) groups excluding carboxylic acids is 2. The summed E-state index contributed by atoms with van der Waals surface area (Å²) in [5.74, 6) is 2.26. The lowest BCUT2D eigenvalue weighted by Gasteiger charge is -2.36. The molecule has 2 fully saturated rings. The predicted molar refractivity (Wildman–Crippen MR) is 71.4 cm³/mol. The molecule has 2 aliphatic heterocycles. The number of piperidine rings is 1. The van der Waals surface area contributed by atoms with Crippen LogP contribution in [0.2, 0.25) is 0 Å². The summed E-state index contributed by atoms with van der Waals surface area (Å²) in [6, 6.07) is 0.0595.